The van der Waals surface area contributed by atoms with Crippen LogP contribution in [-0.2, 0) is 13.0 Å². The Kier molecular flexibility index (Phi) is 4.43. The van der Waals surface area contributed by atoms with Gasteiger partial charge in [-0.2, -0.15) is 0 Å². The summed E-state index contributed by atoms with van der Waals surface area (Å²) in [5.74, 6) is 0. The van der Waals surface area contributed by atoms with E-state index in [-0.39, 0.29) is 0 Å². The largest absolute Gasteiger partial charge is 0.381 e. The van der Waals surface area contributed by atoms with Crippen LogP contribution in [0, 0.1) is 6.92 Å². The van der Waals surface area contributed by atoms with E-state index in [4.69, 9.17) is 0 Å². The van der Waals surface area contributed by atoms with Crippen LogP contribution >= 0.6 is 15.9 Å². The molecule has 94 valence electrons. The van der Waals surface area contributed by atoms with Crippen LogP contribution in [-0.4, -0.2) is 0 Å². The first-order chi connectivity index (χ1) is 8.67. The summed E-state index contributed by atoms with van der Waals surface area (Å²) >= 11 is 3.52. The highest BCUT2D eigenvalue weighted by Crippen LogP contribution is 2.19. The third kappa shape index (κ3) is 3.61. The lowest BCUT2D eigenvalue weighted by Gasteiger charge is -2.08. The summed E-state index contributed by atoms with van der Waals surface area (Å²) in [4.78, 5) is 0. The van der Waals surface area contributed by atoms with Gasteiger partial charge in [-0.3, -0.25) is 0 Å². The maximum atomic E-state index is 3.52. The lowest BCUT2D eigenvalue weighted by molar-refractivity contribution is 1.10. The molecule has 0 heterocycles. The third-order valence-electron chi connectivity index (χ3n) is 2.97. The first kappa shape index (κ1) is 13.2. The molecule has 18 heavy (non-hydrogen) atoms. The standard InChI is InChI=1S/C16H18BrN/c1-3-13-4-6-14(7-5-13)11-18-16-9-12(2)8-15(17)10-16/h4-10,18H,3,11H2,1-2H3. The summed E-state index contributed by atoms with van der Waals surface area (Å²) < 4.78 is 1.12. The smallest absolute Gasteiger partial charge is 0.0400 e. The van der Waals surface area contributed by atoms with Crippen LogP contribution in [0.2, 0.25) is 0 Å². The van der Waals surface area contributed by atoms with Gasteiger partial charge >= 0.3 is 0 Å². The van der Waals surface area contributed by atoms with Crippen LogP contribution < -0.4 is 5.32 Å². The second kappa shape index (κ2) is 6.05. The molecule has 0 saturated heterocycles. The number of halogens is 1. The predicted octanol–water partition coefficient (Wildman–Crippen LogP) is 4.93. The molecule has 2 rings (SSSR count). The van der Waals surface area contributed by atoms with Crippen molar-refractivity contribution in [2.45, 2.75) is 26.8 Å². The van der Waals surface area contributed by atoms with Crippen molar-refractivity contribution in [3.05, 3.63) is 63.6 Å². The molecule has 0 aliphatic rings. The first-order valence-corrected chi connectivity index (χ1v) is 7.05. The highest BCUT2D eigenvalue weighted by Gasteiger charge is 1.97. The Labute approximate surface area is 117 Å². The minimum absolute atomic E-state index is 0.861. The van der Waals surface area contributed by atoms with Crippen LogP contribution in [0.25, 0.3) is 0 Å². The molecule has 0 amide bonds. The molecule has 0 fully saturated rings. The lowest BCUT2D eigenvalue weighted by atomic mass is 10.1. The summed E-state index contributed by atoms with van der Waals surface area (Å²) in [6.45, 7) is 5.14. The van der Waals surface area contributed by atoms with Crippen molar-refractivity contribution in [2.75, 3.05) is 5.32 Å². The molecule has 0 atom stereocenters. The Hall–Kier alpha value is -1.28. The zero-order chi connectivity index (χ0) is 13.0. The van der Waals surface area contributed by atoms with Crippen molar-refractivity contribution < 1.29 is 0 Å². The van der Waals surface area contributed by atoms with Gasteiger partial charge in [0.2, 0.25) is 0 Å². The van der Waals surface area contributed by atoms with E-state index >= 15 is 0 Å². The first-order valence-electron chi connectivity index (χ1n) is 6.26. The number of hydrogen-bond acceptors (Lipinski definition) is 1. The minimum Gasteiger partial charge on any atom is -0.381 e. The normalized spacial score (nSPS) is 10.4. The van der Waals surface area contributed by atoms with Gasteiger partial charge in [-0.05, 0) is 48.2 Å². The van der Waals surface area contributed by atoms with Gasteiger partial charge in [-0.1, -0.05) is 47.1 Å². The lowest BCUT2D eigenvalue weighted by Crippen LogP contribution is -1.99. The molecule has 0 saturated carbocycles. The molecule has 1 nitrogen and oxygen atoms in total. The van der Waals surface area contributed by atoms with Crippen molar-refractivity contribution in [3.8, 4) is 0 Å². The van der Waals surface area contributed by atoms with Crippen molar-refractivity contribution >= 4 is 21.6 Å². The quantitative estimate of drug-likeness (QED) is 0.844. The molecule has 0 unspecified atom stereocenters. The van der Waals surface area contributed by atoms with Gasteiger partial charge in [-0.15, -0.1) is 0 Å². The molecular formula is C16H18BrN. The molecule has 0 spiro atoms. The summed E-state index contributed by atoms with van der Waals surface area (Å²) in [5.41, 5.74) is 5.11. The molecule has 0 aliphatic heterocycles. The zero-order valence-electron chi connectivity index (χ0n) is 10.8. The molecular weight excluding hydrogens is 286 g/mol. The van der Waals surface area contributed by atoms with Crippen LogP contribution in [0.1, 0.15) is 23.6 Å². The monoisotopic (exact) mass is 303 g/mol. The predicted molar refractivity (Wildman–Crippen MR) is 82.0 cm³/mol. The summed E-state index contributed by atoms with van der Waals surface area (Å²) in [6.07, 6.45) is 1.10. The van der Waals surface area contributed by atoms with E-state index in [1.807, 2.05) is 0 Å². The van der Waals surface area contributed by atoms with Gasteiger partial charge in [0.05, 0.1) is 0 Å². The van der Waals surface area contributed by atoms with Crippen molar-refractivity contribution in [2.24, 2.45) is 0 Å². The number of rotatable bonds is 4. The minimum atomic E-state index is 0.861. The van der Waals surface area contributed by atoms with E-state index in [0.29, 0.717) is 0 Å². The van der Waals surface area contributed by atoms with E-state index in [1.54, 1.807) is 0 Å². The molecule has 2 heteroatoms. The van der Waals surface area contributed by atoms with E-state index in [9.17, 15) is 0 Å². The zero-order valence-corrected chi connectivity index (χ0v) is 12.4. The average molecular weight is 304 g/mol. The molecule has 0 aromatic heterocycles. The Morgan fingerprint density at radius 2 is 1.67 bits per heavy atom. The van der Waals surface area contributed by atoms with Gasteiger partial charge in [0, 0.05) is 16.7 Å². The molecule has 1 N–H and O–H groups in total. The fourth-order valence-electron chi connectivity index (χ4n) is 1.94. The Morgan fingerprint density at radius 3 is 2.28 bits per heavy atom. The van der Waals surface area contributed by atoms with E-state index < -0.39 is 0 Å². The van der Waals surface area contributed by atoms with Crippen LogP contribution in [0.4, 0.5) is 5.69 Å². The Balaban J connectivity index is 2.01. The third-order valence-corrected chi connectivity index (χ3v) is 3.43. The second-order valence-electron chi connectivity index (χ2n) is 4.54. The van der Waals surface area contributed by atoms with Gasteiger partial charge in [0.25, 0.3) is 0 Å². The maximum Gasteiger partial charge on any atom is 0.0400 e. The molecule has 0 bridgehead atoms. The summed E-state index contributed by atoms with van der Waals surface area (Å²) in [6, 6.07) is 15.2. The Morgan fingerprint density at radius 1 is 1.00 bits per heavy atom. The van der Waals surface area contributed by atoms with Crippen LogP contribution in [0.5, 0.6) is 0 Å². The maximum absolute atomic E-state index is 3.52. The fourth-order valence-corrected chi connectivity index (χ4v) is 2.54. The van der Waals surface area contributed by atoms with Gasteiger partial charge in [-0.25, -0.2) is 0 Å². The van der Waals surface area contributed by atoms with Gasteiger partial charge < -0.3 is 5.32 Å². The van der Waals surface area contributed by atoms with Crippen molar-refractivity contribution in [3.63, 3.8) is 0 Å². The van der Waals surface area contributed by atoms with Crippen LogP contribution in [0.3, 0.4) is 0 Å². The van der Waals surface area contributed by atoms with Crippen molar-refractivity contribution in [1.82, 2.24) is 0 Å². The van der Waals surface area contributed by atoms with E-state index in [1.165, 1.54) is 16.7 Å². The summed E-state index contributed by atoms with van der Waals surface area (Å²) in [7, 11) is 0. The highest BCUT2D eigenvalue weighted by molar-refractivity contribution is 9.10. The number of aryl methyl sites for hydroxylation is 2. The molecule has 0 radical (unpaired) electrons. The van der Waals surface area contributed by atoms with E-state index in [0.717, 1.165) is 23.1 Å². The topological polar surface area (TPSA) is 12.0 Å². The average Bonchev–Trinajstić information content (AvgIpc) is 2.36. The fraction of sp³-hybridized carbons (Fsp3) is 0.250. The number of nitrogens with one attached hydrogen (secondary N) is 1. The van der Waals surface area contributed by atoms with Crippen LogP contribution in [0.15, 0.2) is 46.9 Å². The Bertz CT molecular complexity index is 497. The number of anilines is 1. The van der Waals surface area contributed by atoms with E-state index in [2.05, 4.69) is 77.6 Å². The number of benzene rings is 2. The summed E-state index contributed by atoms with van der Waals surface area (Å²) in [5, 5.41) is 3.45. The SMILES string of the molecule is CCc1ccc(CNc2cc(C)cc(Br)c2)cc1. The molecule has 0 aliphatic carbocycles. The molecule has 2 aromatic rings. The van der Waals surface area contributed by atoms with Crippen molar-refractivity contribution in [1.29, 1.82) is 0 Å². The second-order valence-corrected chi connectivity index (χ2v) is 5.46. The number of hydrogen-bond donors (Lipinski definition) is 1. The van der Waals surface area contributed by atoms with Gasteiger partial charge in [0.15, 0.2) is 0 Å². The van der Waals surface area contributed by atoms with Gasteiger partial charge in [0.1, 0.15) is 0 Å². The highest BCUT2D eigenvalue weighted by atomic mass is 79.9. The molecule has 2 aromatic carbocycles.